The quantitative estimate of drug-likeness (QED) is 0.905. The van der Waals surface area contributed by atoms with Crippen LogP contribution in [0.25, 0.3) is 0 Å². The third-order valence-electron chi connectivity index (χ3n) is 4.18. The van der Waals surface area contributed by atoms with Gasteiger partial charge in [0.2, 0.25) is 0 Å². The molecule has 1 amide bonds. The van der Waals surface area contributed by atoms with Crippen LogP contribution in [0.15, 0.2) is 18.2 Å². The lowest BCUT2D eigenvalue weighted by molar-refractivity contribution is 0.0651. The normalized spacial score (nSPS) is 17.3. The molecule has 1 fully saturated rings. The van der Waals surface area contributed by atoms with E-state index >= 15 is 0 Å². The first-order chi connectivity index (χ1) is 9.45. The van der Waals surface area contributed by atoms with Crippen LogP contribution >= 0.6 is 0 Å². The van der Waals surface area contributed by atoms with Crippen LogP contribution in [0.3, 0.4) is 0 Å². The lowest BCUT2D eigenvalue weighted by atomic mass is 10.00. The van der Waals surface area contributed by atoms with Gasteiger partial charge in [0, 0.05) is 29.9 Å². The van der Waals surface area contributed by atoms with Crippen LogP contribution in [0.4, 0.5) is 5.69 Å². The summed E-state index contributed by atoms with van der Waals surface area (Å²) in [5, 5.41) is 3.36. The number of carbonyl (C=O) groups is 1. The van der Waals surface area contributed by atoms with E-state index in [2.05, 4.69) is 32.2 Å². The maximum Gasteiger partial charge on any atom is 0.254 e. The van der Waals surface area contributed by atoms with Crippen LogP contribution in [-0.2, 0) is 0 Å². The van der Waals surface area contributed by atoms with Crippen molar-refractivity contribution < 1.29 is 4.79 Å². The molecule has 0 aromatic heterocycles. The maximum absolute atomic E-state index is 12.7. The molecule has 0 bridgehead atoms. The lowest BCUT2D eigenvalue weighted by Crippen LogP contribution is -2.42. The van der Waals surface area contributed by atoms with Crippen LogP contribution in [-0.4, -0.2) is 29.4 Å². The first-order valence-electron chi connectivity index (χ1n) is 7.62. The molecule has 0 atom stereocenters. The molecule has 110 valence electrons. The van der Waals surface area contributed by atoms with Crippen molar-refractivity contribution in [1.82, 2.24) is 4.90 Å². The summed E-state index contributed by atoms with van der Waals surface area (Å²) in [6.07, 6.45) is 3.30. The van der Waals surface area contributed by atoms with E-state index in [0.29, 0.717) is 0 Å². The summed E-state index contributed by atoms with van der Waals surface area (Å²) in [4.78, 5) is 14.7. The summed E-state index contributed by atoms with van der Waals surface area (Å²) in [5.74, 6) is 0.173. The Kier molecular flexibility index (Phi) is 4.36. The molecule has 0 radical (unpaired) electrons. The van der Waals surface area contributed by atoms with Gasteiger partial charge in [0.1, 0.15) is 0 Å². The summed E-state index contributed by atoms with van der Waals surface area (Å²) in [7, 11) is 0. The highest BCUT2D eigenvalue weighted by molar-refractivity contribution is 5.96. The Balaban J connectivity index is 2.18. The second-order valence-corrected chi connectivity index (χ2v) is 6.33. The zero-order valence-corrected chi connectivity index (χ0v) is 13.1. The third-order valence-corrected chi connectivity index (χ3v) is 4.18. The predicted octanol–water partition coefficient (Wildman–Crippen LogP) is 3.83. The number of carbonyl (C=O) groups excluding carboxylic acids is 1. The first-order valence-corrected chi connectivity index (χ1v) is 7.62. The van der Waals surface area contributed by atoms with Gasteiger partial charge in [-0.25, -0.2) is 0 Å². The highest BCUT2D eigenvalue weighted by Gasteiger charge is 2.36. The van der Waals surface area contributed by atoms with E-state index < -0.39 is 0 Å². The van der Waals surface area contributed by atoms with Crippen LogP contribution in [0.2, 0.25) is 0 Å². The number of amides is 1. The van der Waals surface area contributed by atoms with Gasteiger partial charge < -0.3 is 10.2 Å². The third kappa shape index (κ3) is 2.97. The molecule has 20 heavy (non-hydrogen) atoms. The molecule has 1 N–H and O–H groups in total. The molecule has 0 saturated carbocycles. The fourth-order valence-electron chi connectivity index (χ4n) is 2.91. The standard InChI is InChI=1S/C17H26N2O/c1-5-10-18-14-7-8-15(13(2)12-14)16(20)19-11-6-9-17(19,3)4/h7-8,12,18H,5-6,9-11H2,1-4H3. The number of anilines is 1. The SMILES string of the molecule is CCCNc1ccc(C(=O)N2CCCC2(C)C)c(C)c1. The number of benzene rings is 1. The molecule has 2 rings (SSSR count). The van der Waals surface area contributed by atoms with Gasteiger partial charge in [-0.2, -0.15) is 0 Å². The molecule has 1 aliphatic rings. The van der Waals surface area contributed by atoms with Crippen molar-refractivity contribution in [3.05, 3.63) is 29.3 Å². The van der Waals surface area contributed by atoms with E-state index in [1.165, 1.54) is 0 Å². The topological polar surface area (TPSA) is 32.3 Å². The summed E-state index contributed by atoms with van der Waals surface area (Å²) >= 11 is 0. The van der Waals surface area contributed by atoms with E-state index in [1.54, 1.807) is 0 Å². The second kappa shape index (κ2) is 5.86. The number of nitrogens with zero attached hydrogens (tertiary/aromatic N) is 1. The molecule has 3 heteroatoms. The van der Waals surface area contributed by atoms with Crippen molar-refractivity contribution >= 4 is 11.6 Å². The average molecular weight is 274 g/mol. The highest BCUT2D eigenvalue weighted by atomic mass is 16.2. The van der Waals surface area contributed by atoms with Crippen LogP contribution < -0.4 is 5.32 Å². The van der Waals surface area contributed by atoms with Crippen molar-refractivity contribution in [2.45, 2.75) is 52.5 Å². The number of aryl methyl sites for hydroxylation is 1. The average Bonchev–Trinajstić information content (AvgIpc) is 2.75. The molecule has 1 aromatic carbocycles. The van der Waals surface area contributed by atoms with Gasteiger partial charge in [0.25, 0.3) is 5.91 Å². The minimum atomic E-state index is -0.0113. The minimum Gasteiger partial charge on any atom is -0.385 e. The fourth-order valence-corrected chi connectivity index (χ4v) is 2.91. The number of hydrogen-bond donors (Lipinski definition) is 1. The molecular formula is C17H26N2O. The largest absolute Gasteiger partial charge is 0.385 e. The van der Waals surface area contributed by atoms with Gasteiger partial charge in [0.05, 0.1) is 0 Å². The Bertz CT molecular complexity index is 494. The molecule has 0 spiro atoms. The number of likely N-dealkylation sites (tertiary alicyclic amines) is 1. The Morgan fingerprint density at radius 2 is 2.15 bits per heavy atom. The Labute approximate surface area is 122 Å². The zero-order valence-electron chi connectivity index (χ0n) is 13.1. The maximum atomic E-state index is 12.7. The van der Waals surface area contributed by atoms with Crippen LogP contribution in [0, 0.1) is 6.92 Å². The van der Waals surface area contributed by atoms with Crippen LogP contribution in [0.5, 0.6) is 0 Å². The van der Waals surface area contributed by atoms with Gasteiger partial charge in [0.15, 0.2) is 0 Å². The van der Waals surface area contributed by atoms with Gasteiger partial charge in [-0.3, -0.25) is 4.79 Å². The molecule has 1 aromatic rings. The predicted molar refractivity (Wildman–Crippen MR) is 84.3 cm³/mol. The van der Waals surface area contributed by atoms with E-state index in [0.717, 1.165) is 49.2 Å². The first kappa shape index (κ1) is 14.9. The number of rotatable bonds is 4. The van der Waals surface area contributed by atoms with E-state index in [9.17, 15) is 4.79 Å². The van der Waals surface area contributed by atoms with E-state index in [1.807, 2.05) is 24.0 Å². The molecular weight excluding hydrogens is 248 g/mol. The summed E-state index contributed by atoms with van der Waals surface area (Å²) in [5.41, 5.74) is 2.98. The smallest absolute Gasteiger partial charge is 0.254 e. The van der Waals surface area contributed by atoms with Crippen molar-refractivity contribution in [1.29, 1.82) is 0 Å². The second-order valence-electron chi connectivity index (χ2n) is 6.33. The van der Waals surface area contributed by atoms with E-state index in [-0.39, 0.29) is 11.4 Å². The van der Waals surface area contributed by atoms with Crippen molar-refractivity contribution in [3.63, 3.8) is 0 Å². The van der Waals surface area contributed by atoms with Crippen molar-refractivity contribution in [3.8, 4) is 0 Å². The van der Waals surface area contributed by atoms with Gasteiger partial charge >= 0.3 is 0 Å². The molecule has 1 aliphatic heterocycles. The molecule has 0 unspecified atom stereocenters. The van der Waals surface area contributed by atoms with Gasteiger partial charge in [-0.15, -0.1) is 0 Å². The minimum absolute atomic E-state index is 0.0113. The molecule has 1 saturated heterocycles. The van der Waals surface area contributed by atoms with Gasteiger partial charge in [-0.1, -0.05) is 6.92 Å². The molecule has 3 nitrogen and oxygen atoms in total. The molecule has 0 aliphatic carbocycles. The van der Waals surface area contributed by atoms with Gasteiger partial charge in [-0.05, 0) is 63.8 Å². The Morgan fingerprint density at radius 1 is 1.40 bits per heavy atom. The molecule has 1 heterocycles. The number of hydrogen-bond acceptors (Lipinski definition) is 2. The fraction of sp³-hybridized carbons (Fsp3) is 0.588. The summed E-state index contributed by atoms with van der Waals surface area (Å²) in [6, 6.07) is 6.05. The Morgan fingerprint density at radius 3 is 2.70 bits per heavy atom. The lowest BCUT2D eigenvalue weighted by Gasteiger charge is -2.32. The van der Waals surface area contributed by atoms with E-state index in [4.69, 9.17) is 0 Å². The number of nitrogens with one attached hydrogen (secondary N) is 1. The van der Waals surface area contributed by atoms with Crippen molar-refractivity contribution in [2.75, 3.05) is 18.4 Å². The van der Waals surface area contributed by atoms with Crippen molar-refractivity contribution in [2.24, 2.45) is 0 Å². The van der Waals surface area contributed by atoms with Crippen LogP contribution in [0.1, 0.15) is 56.0 Å². The summed E-state index contributed by atoms with van der Waals surface area (Å²) in [6.45, 7) is 10.3. The zero-order chi connectivity index (χ0) is 14.8. The highest BCUT2D eigenvalue weighted by Crippen LogP contribution is 2.30. The summed E-state index contributed by atoms with van der Waals surface area (Å²) < 4.78 is 0. The monoisotopic (exact) mass is 274 g/mol. The Hall–Kier alpha value is -1.51.